The van der Waals surface area contributed by atoms with Gasteiger partial charge in [0.15, 0.2) is 5.96 Å². The van der Waals surface area contributed by atoms with Crippen LogP contribution in [0.4, 0.5) is 0 Å². The van der Waals surface area contributed by atoms with Gasteiger partial charge in [0.2, 0.25) is 0 Å². The van der Waals surface area contributed by atoms with Gasteiger partial charge in [0.25, 0.3) is 0 Å². The lowest BCUT2D eigenvalue weighted by Gasteiger charge is -2.07. The molecule has 5 nitrogen and oxygen atoms in total. The summed E-state index contributed by atoms with van der Waals surface area (Å²) in [5.41, 5.74) is 1.11. The highest BCUT2D eigenvalue weighted by Gasteiger charge is 2.11. The number of aliphatic imine (C=N–C) groups is 1. The first-order valence-corrected chi connectivity index (χ1v) is 5.27. The summed E-state index contributed by atoms with van der Waals surface area (Å²) in [6, 6.07) is 2.50. The Balaban J connectivity index is 0.00000128. The average molecular weight is 335 g/mol. The zero-order valence-corrected chi connectivity index (χ0v) is 11.9. The van der Waals surface area contributed by atoms with E-state index in [1.165, 1.54) is 0 Å². The monoisotopic (exact) mass is 335 g/mol. The van der Waals surface area contributed by atoms with Crippen LogP contribution in [0.5, 0.6) is 0 Å². The van der Waals surface area contributed by atoms with Gasteiger partial charge in [0, 0.05) is 32.3 Å². The SMILES string of the molecule is CC1CN=C(NCCc2ccn(C)n2)N1.I. The Labute approximate surface area is 113 Å². The second kappa shape index (κ2) is 6.07. The van der Waals surface area contributed by atoms with Crippen LogP contribution in [0.15, 0.2) is 17.3 Å². The molecule has 0 spiro atoms. The predicted molar refractivity (Wildman–Crippen MR) is 75.2 cm³/mol. The van der Waals surface area contributed by atoms with Crippen molar-refractivity contribution in [3.05, 3.63) is 18.0 Å². The third kappa shape index (κ3) is 3.66. The third-order valence-electron chi connectivity index (χ3n) is 2.35. The topological polar surface area (TPSA) is 54.2 Å². The standard InChI is InChI=1S/C10H17N5.HI/c1-8-7-12-10(13-8)11-5-3-9-4-6-15(2)14-9;/h4,6,8H,3,5,7H2,1-2H3,(H2,11,12,13);1H. The molecule has 0 saturated heterocycles. The molecule has 2 rings (SSSR count). The zero-order chi connectivity index (χ0) is 10.7. The second-order valence-electron chi connectivity index (χ2n) is 3.89. The van der Waals surface area contributed by atoms with Crippen LogP contribution in [0.3, 0.4) is 0 Å². The summed E-state index contributed by atoms with van der Waals surface area (Å²) in [4.78, 5) is 4.32. The number of nitrogens with one attached hydrogen (secondary N) is 2. The van der Waals surface area contributed by atoms with Crippen LogP contribution in [0.1, 0.15) is 12.6 Å². The van der Waals surface area contributed by atoms with Crippen molar-refractivity contribution in [1.29, 1.82) is 0 Å². The van der Waals surface area contributed by atoms with Crippen molar-refractivity contribution in [2.45, 2.75) is 19.4 Å². The first kappa shape index (κ1) is 13.3. The minimum atomic E-state index is 0. The first-order valence-electron chi connectivity index (χ1n) is 5.27. The molecule has 1 atom stereocenters. The van der Waals surface area contributed by atoms with Crippen LogP contribution < -0.4 is 10.6 Å². The molecule has 2 heterocycles. The minimum Gasteiger partial charge on any atom is -0.356 e. The smallest absolute Gasteiger partial charge is 0.191 e. The molecular weight excluding hydrogens is 317 g/mol. The highest BCUT2D eigenvalue weighted by atomic mass is 127. The number of aromatic nitrogens is 2. The van der Waals surface area contributed by atoms with Crippen LogP contribution in [-0.4, -0.2) is 34.9 Å². The summed E-state index contributed by atoms with van der Waals surface area (Å²) in [5.74, 6) is 0.915. The number of hydrogen-bond acceptors (Lipinski definition) is 4. The average Bonchev–Trinajstić information content (AvgIpc) is 2.76. The largest absolute Gasteiger partial charge is 0.356 e. The van der Waals surface area contributed by atoms with E-state index in [0.29, 0.717) is 6.04 Å². The summed E-state index contributed by atoms with van der Waals surface area (Å²) < 4.78 is 1.82. The van der Waals surface area contributed by atoms with Gasteiger partial charge in [-0.15, -0.1) is 24.0 Å². The predicted octanol–water partition coefficient (Wildman–Crippen LogP) is 0.518. The number of nitrogens with zero attached hydrogens (tertiary/aromatic N) is 3. The summed E-state index contributed by atoms with van der Waals surface area (Å²) in [7, 11) is 1.93. The molecule has 1 aromatic heterocycles. The maximum atomic E-state index is 4.32. The Morgan fingerprint density at radius 1 is 1.62 bits per heavy atom. The zero-order valence-electron chi connectivity index (χ0n) is 9.60. The van der Waals surface area contributed by atoms with E-state index >= 15 is 0 Å². The normalized spacial score (nSPS) is 18.6. The molecule has 0 fully saturated rings. The number of guanidine groups is 1. The van der Waals surface area contributed by atoms with Crippen molar-refractivity contribution in [1.82, 2.24) is 20.4 Å². The molecule has 2 N–H and O–H groups in total. The van der Waals surface area contributed by atoms with Gasteiger partial charge in [-0.1, -0.05) is 0 Å². The lowest BCUT2D eigenvalue weighted by molar-refractivity contribution is 0.705. The number of hydrogen-bond donors (Lipinski definition) is 2. The molecule has 0 saturated carbocycles. The summed E-state index contributed by atoms with van der Waals surface area (Å²) in [6.07, 6.45) is 2.89. The number of rotatable bonds is 3. The van der Waals surface area contributed by atoms with Crippen molar-refractivity contribution >= 4 is 29.9 Å². The highest BCUT2D eigenvalue weighted by molar-refractivity contribution is 14.0. The highest BCUT2D eigenvalue weighted by Crippen LogP contribution is 1.95. The Morgan fingerprint density at radius 3 is 3.00 bits per heavy atom. The maximum Gasteiger partial charge on any atom is 0.191 e. The van der Waals surface area contributed by atoms with E-state index in [2.05, 4.69) is 27.6 Å². The molecule has 1 unspecified atom stereocenters. The van der Waals surface area contributed by atoms with Crippen LogP contribution in [-0.2, 0) is 13.5 Å². The fourth-order valence-corrected chi connectivity index (χ4v) is 1.57. The third-order valence-corrected chi connectivity index (χ3v) is 2.35. The summed E-state index contributed by atoms with van der Waals surface area (Å²) in [6.45, 7) is 3.86. The van der Waals surface area contributed by atoms with Crippen molar-refractivity contribution in [3.8, 4) is 0 Å². The maximum absolute atomic E-state index is 4.32. The fourth-order valence-electron chi connectivity index (χ4n) is 1.57. The Hall–Kier alpha value is -0.790. The van der Waals surface area contributed by atoms with E-state index in [1.54, 1.807) is 0 Å². The van der Waals surface area contributed by atoms with Gasteiger partial charge in [-0.2, -0.15) is 5.10 Å². The van der Waals surface area contributed by atoms with E-state index in [4.69, 9.17) is 0 Å². The minimum absolute atomic E-state index is 0. The molecule has 90 valence electrons. The second-order valence-corrected chi connectivity index (χ2v) is 3.89. The molecule has 0 amide bonds. The van der Waals surface area contributed by atoms with Crippen molar-refractivity contribution in [2.24, 2.45) is 12.0 Å². The molecule has 0 radical (unpaired) electrons. The van der Waals surface area contributed by atoms with Gasteiger partial charge >= 0.3 is 0 Å². The lowest BCUT2D eigenvalue weighted by Crippen LogP contribution is -2.38. The fraction of sp³-hybridized carbons (Fsp3) is 0.600. The molecule has 1 aliphatic heterocycles. The van der Waals surface area contributed by atoms with Crippen LogP contribution in [0.25, 0.3) is 0 Å². The summed E-state index contributed by atoms with van der Waals surface area (Å²) in [5, 5.41) is 10.8. The molecule has 1 aliphatic rings. The Bertz CT molecular complexity index is 360. The van der Waals surface area contributed by atoms with Crippen LogP contribution >= 0.6 is 24.0 Å². The van der Waals surface area contributed by atoms with E-state index < -0.39 is 0 Å². The Morgan fingerprint density at radius 2 is 2.44 bits per heavy atom. The molecule has 1 aromatic rings. The van der Waals surface area contributed by atoms with Gasteiger partial charge < -0.3 is 10.6 Å². The molecule has 0 aromatic carbocycles. The van der Waals surface area contributed by atoms with Gasteiger partial charge in [0.1, 0.15) is 0 Å². The van der Waals surface area contributed by atoms with Gasteiger partial charge in [-0.25, -0.2) is 0 Å². The molecular formula is C10H18IN5. The lowest BCUT2D eigenvalue weighted by atomic mass is 10.3. The van der Waals surface area contributed by atoms with Crippen LogP contribution in [0, 0.1) is 0 Å². The quantitative estimate of drug-likeness (QED) is 0.792. The Kier molecular flexibility index (Phi) is 5.04. The van der Waals surface area contributed by atoms with Crippen molar-refractivity contribution < 1.29 is 0 Å². The van der Waals surface area contributed by atoms with E-state index in [0.717, 1.165) is 31.2 Å². The summed E-state index contributed by atoms with van der Waals surface area (Å²) >= 11 is 0. The number of halogens is 1. The number of aryl methyl sites for hydroxylation is 1. The van der Waals surface area contributed by atoms with Gasteiger partial charge in [-0.3, -0.25) is 9.67 Å². The van der Waals surface area contributed by atoms with Gasteiger partial charge in [-0.05, 0) is 13.0 Å². The first-order chi connectivity index (χ1) is 7.24. The van der Waals surface area contributed by atoms with E-state index in [1.807, 2.05) is 24.0 Å². The van der Waals surface area contributed by atoms with Crippen LogP contribution in [0.2, 0.25) is 0 Å². The molecule has 16 heavy (non-hydrogen) atoms. The van der Waals surface area contributed by atoms with Crippen molar-refractivity contribution in [2.75, 3.05) is 13.1 Å². The van der Waals surface area contributed by atoms with E-state index in [-0.39, 0.29) is 24.0 Å². The molecule has 0 bridgehead atoms. The molecule has 6 heteroatoms. The molecule has 0 aliphatic carbocycles. The van der Waals surface area contributed by atoms with Crippen molar-refractivity contribution in [3.63, 3.8) is 0 Å². The van der Waals surface area contributed by atoms with Gasteiger partial charge in [0.05, 0.1) is 12.2 Å². The van der Waals surface area contributed by atoms with E-state index in [9.17, 15) is 0 Å².